The first-order valence-electron chi connectivity index (χ1n) is 6.84. The molecule has 2 rings (SSSR count). The number of carbonyl (C=O) groups excluding carboxylic acids is 1. The number of carbonyl (C=O) groups is 1. The molecule has 1 fully saturated rings. The van der Waals surface area contributed by atoms with Crippen LogP contribution >= 0.6 is 28.3 Å². The normalized spacial score (nSPS) is 21.7. The first kappa shape index (κ1) is 18.4. The Labute approximate surface area is 140 Å². The molecule has 0 radical (unpaired) electrons. The molecule has 4 nitrogen and oxygen atoms in total. The smallest absolute Gasteiger partial charge is 0.237 e. The highest BCUT2D eigenvalue weighted by molar-refractivity contribution is 9.10. The molecule has 3 N–H and O–H groups in total. The van der Waals surface area contributed by atoms with Crippen LogP contribution in [0.2, 0.25) is 0 Å². The van der Waals surface area contributed by atoms with E-state index in [1.54, 1.807) is 0 Å². The second-order valence-electron chi connectivity index (χ2n) is 5.96. The molecule has 2 unspecified atom stereocenters. The summed E-state index contributed by atoms with van der Waals surface area (Å²) in [5, 5.41) is 15.4. The maximum Gasteiger partial charge on any atom is 0.237 e. The number of β-amino-alcohol motifs (C(OH)–C–C–N with tert-alkyl or cyclic N) is 1. The van der Waals surface area contributed by atoms with Crippen molar-refractivity contribution < 1.29 is 9.90 Å². The highest BCUT2D eigenvalue weighted by Crippen LogP contribution is 2.25. The Balaban J connectivity index is 0.00000220. The van der Waals surface area contributed by atoms with Crippen LogP contribution in [0.1, 0.15) is 25.8 Å². The monoisotopic (exact) mass is 376 g/mol. The first-order chi connectivity index (χ1) is 9.38. The van der Waals surface area contributed by atoms with Crippen LogP contribution in [0.4, 0.5) is 0 Å². The average Bonchev–Trinajstić information content (AvgIpc) is 2.83. The first-order valence-corrected chi connectivity index (χ1v) is 7.63. The van der Waals surface area contributed by atoms with E-state index in [0.29, 0.717) is 19.5 Å². The van der Waals surface area contributed by atoms with E-state index in [9.17, 15) is 9.90 Å². The molecule has 1 amide bonds. The molecule has 1 aromatic carbocycles. The molecule has 1 aliphatic heterocycles. The fourth-order valence-electron chi connectivity index (χ4n) is 2.36. The molecule has 0 aromatic heterocycles. The summed E-state index contributed by atoms with van der Waals surface area (Å²) in [6.45, 7) is 5.27. The number of halogens is 2. The molecular weight excluding hydrogens is 356 g/mol. The molecule has 118 valence electrons. The van der Waals surface area contributed by atoms with Gasteiger partial charge in [0.1, 0.15) is 0 Å². The van der Waals surface area contributed by atoms with Gasteiger partial charge in [0.2, 0.25) is 5.91 Å². The van der Waals surface area contributed by atoms with Gasteiger partial charge in [0, 0.05) is 23.0 Å². The van der Waals surface area contributed by atoms with E-state index in [0.717, 1.165) is 4.47 Å². The number of amides is 1. The van der Waals surface area contributed by atoms with Gasteiger partial charge in [-0.2, -0.15) is 0 Å². The van der Waals surface area contributed by atoms with Crippen molar-refractivity contribution in [1.29, 1.82) is 0 Å². The summed E-state index contributed by atoms with van der Waals surface area (Å²) in [5.41, 5.74) is 1.03. The van der Waals surface area contributed by atoms with Crippen LogP contribution in [-0.2, 0) is 10.2 Å². The minimum atomic E-state index is -0.413. The van der Waals surface area contributed by atoms with Gasteiger partial charge in [0.05, 0.1) is 12.1 Å². The van der Waals surface area contributed by atoms with Crippen molar-refractivity contribution in [2.75, 3.05) is 13.1 Å². The number of aliphatic hydroxyl groups excluding tert-OH is 1. The fourth-order valence-corrected chi connectivity index (χ4v) is 2.76. The zero-order chi connectivity index (χ0) is 14.8. The highest BCUT2D eigenvalue weighted by atomic mass is 79.9. The van der Waals surface area contributed by atoms with Gasteiger partial charge in [0.25, 0.3) is 0 Å². The molecule has 1 saturated heterocycles. The Bertz CT molecular complexity index is 496. The molecular formula is C15H22BrClN2O2. The third-order valence-corrected chi connectivity index (χ3v) is 4.23. The van der Waals surface area contributed by atoms with Crippen molar-refractivity contribution in [2.24, 2.45) is 0 Å². The molecule has 1 aromatic rings. The SMILES string of the molecule is CC(C)(CNC(=O)C1CC(O)CN1)c1cccc(Br)c1.Cl. The van der Waals surface area contributed by atoms with Crippen LogP contribution in [0.25, 0.3) is 0 Å². The number of nitrogens with one attached hydrogen (secondary N) is 2. The van der Waals surface area contributed by atoms with Crippen molar-refractivity contribution in [3.8, 4) is 0 Å². The second kappa shape index (κ2) is 7.58. The summed E-state index contributed by atoms with van der Waals surface area (Å²) in [4.78, 5) is 12.0. The zero-order valence-corrected chi connectivity index (χ0v) is 14.6. The van der Waals surface area contributed by atoms with E-state index in [4.69, 9.17) is 0 Å². The Kier molecular flexibility index (Phi) is 6.66. The molecule has 2 atom stereocenters. The van der Waals surface area contributed by atoms with Crippen LogP contribution in [0.5, 0.6) is 0 Å². The van der Waals surface area contributed by atoms with Gasteiger partial charge in [-0.1, -0.05) is 41.9 Å². The summed E-state index contributed by atoms with van der Waals surface area (Å²) < 4.78 is 1.04. The summed E-state index contributed by atoms with van der Waals surface area (Å²) in [5.74, 6) is -0.0374. The van der Waals surface area contributed by atoms with E-state index < -0.39 is 6.10 Å². The Morgan fingerprint density at radius 2 is 2.24 bits per heavy atom. The van der Waals surface area contributed by atoms with Crippen LogP contribution in [0.3, 0.4) is 0 Å². The maximum absolute atomic E-state index is 12.0. The maximum atomic E-state index is 12.0. The van der Waals surface area contributed by atoms with Crippen molar-refractivity contribution in [1.82, 2.24) is 10.6 Å². The van der Waals surface area contributed by atoms with E-state index in [2.05, 4.69) is 52.5 Å². The van der Waals surface area contributed by atoms with Gasteiger partial charge >= 0.3 is 0 Å². The van der Waals surface area contributed by atoms with Gasteiger partial charge in [-0.3, -0.25) is 4.79 Å². The lowest BCUT2D eigenvalue weighted by molar-refractivity contribution is -0.123. The van der Waals surface area contributed by atoms with Crippen molar-refractivity contribution >= 4 is 34.2 Å². The predicted molar refractivity (Wildman–Crippen MR) is 89.8 cm³/mol. The van der Waals surface area contributed by atoms with E-state index in [-0.39, 0.29) is 29.8 Å². The number of hydrogen-bond acceptors (Lipinski definition) is 3. The molecule has 1 aliphatic rings. The lowest BCUT2D eigenvalue weighted by Gasteiger charge is -2.26. The van der Waals surface area contributed by atoms with E-state index in [1.807, 2.05) is 12.1 Å². The van der Waals surface area contributed by atoms with Crippen molar-refractivity contribution in [3.63, 3.8) is 0 Å². The quantitative estimate of drug-likeness (QED) is 0.752. The average molecular weight is 378 g/mol. The summed E-state index contributed by atoms with van der Waals surface area (Å²) in [7, 11) is 0. The van der Waals surface area contributed by atoms with Crippen LogP contribution < -0.4 is 10.6 Å². The minimum Gasteiger partial charge on any atom is -0.392 e. The predicted octanol–water partition coefficient (Wildman–Crippen LogP) is 1.99. The minimum absolute atomic E-state index is 0. The largest absolute Gasteiger partial charge is 0.392 e. The second-order valence-corrected chi connectivity index (χ2v) is 6.88. The molecule has 0 aliphatic carbocycles. The number of aliphatic hydroxyl groups is 1. The third-order valence-electron chi connectivity index (χ3n) is 3.73. The third kappa shape index (κ3) is 4.95. The lowest BCUT2D eigenvalue weighted by atomic mass is 9.84. The topological polar surface area (TPSA) is 61.4 Å². The number of rotatable bonds is 4. The molecule has 0 spiro atoms. The number of benzene rings is 1. The van der Waals surface area contributed by atoms with E-state index >= 15 is 0 Å². The lowest BCUT2D eigenvalue weighted by Crippen LogP contribution is -2.45. The highest BCUT2D eigenvalue weighted by Gasteiger charge is 2.29. The standard InChI is InChI=1S/C15H21BrN2O2.ClH/c1-15(2,10-4-3-5-11(16)6-10)9-18-14(20)13-7-12(19)8-17-13;/h3-6,12-13,17,19H,7-9H2,1-2H3,(H,18,20);1H. The zero-order valence-electron chi connectivity index (χ0n) is 12.2. The summed E-state index contributed by atoms with van der Waals surface area (Å²) in [6.07, 6.45) is 0.0761. The van der Waals surface area contributed by atoms with Crippen LogP contribution in [0, 0.1) is 0 Å². The van der Waals surface area contributed by atoms with Gasteiger partial charge in [-0.25, -0.2) is 0 Å². The molecule has 6 heteroatoms. The summed E-state index contributed by atoms with van der Waals surface area (Å²) in [6, 6.07) is 7.85. The van der Waals surface area contributed by atoms with Crippen LogP contribution in [-0.4, -0.2) is 36.2 Å². The Hall–Kier alpha value is -0.620. The van der Waals surface area contributed by atoms with Gasteiger partial charge in [0.15, 0.2) is 0 Å². The van der Waals surface area contributed by atoms with Crippen molar-refractivity contribution in [2.45, 2.75) is 37.8 Å². The number of hydrogen-bond donors (Lipinski definition) is 3. The molecule has 1 heterocycles. The van der Waals surface area contributed by atoms with Gasteiger partial charge in [-0.05, 0) is 24.1 Å². The molecule has 21 heavy (non-hydrogen) atoms. The fraction of sp³-hybridized carbons (Fsp3) is 0.533. The Morgan fingerprint density at radius 1 is 1.52 bits per heavy atom. The summed E-state index contributed by atoms with van der Waals surface area (Å²) >= 11 is 3.47. The van der Waals surface area contributed by atoms with Crippen LogP contribution in [0.15, 0.2) is 28.7 Å². The van der Waals surface area contributed by atoms with Gasteiger partial charge < -0.3 is 15.7 Å². The Morgan fingerprint density at radius 3 is 2.81 bits per heavy atom. The van der Waals surface area contributed by atoms with Gasteiger partial charge in [-0.15, -0.1) is 12.4 Å². The molecule has 0 saturated carbocycles. The van der Waals surface area contributed by atoms with Crippen molar-refractivity contribution in [3.05, 3.63) is 34.3 Å². The molecule has 0 bridgehead atoms. The van der Waals surface area contributed by atoms with E-state index in [1.165, 1.54) is 5.56 Å².